The smallest absolute Gasteiger partial charge is 0.150 e. The fourth-order valence-electron chi connectivity index (χ4n) is 1.41. The number of hydrogen-bond donors (Lipinski definition) is 0. The minimum atomic E-state index is 0.646. The van der Waals surface area contributed by atoms with E-state index < -0.39 is 0 Å². The van der Waals surface area contributed by atoms with Crippen molar-refractivity contribution in [2.24, 2.45) is 0 Å². The van der Waals surface area contributed by atoms with E-state index in [9.17, 15) is 4.79 Å². The number of carbonyl (C=O) groups is 1. The summed E-state index contributed by atoms with van der Waals surface area (Å²) in [7, 11) is 0. The third kappa shape index (κ3) is 1.49. The molecule has 1 nitrogen and oxygen atoms in total. The standard InChI is InChI=1S/C10H6BrClOS/c11-4-8-6(5-13)3-9(12)7-1-2-14-10(7)8/h1-3,5H,4H2. The van der Waals surface area contributed by atoms with E-state index >= 15 is 0 Å². The number of hydrogen-bond acceptors (Lipinski definition) is 2. The molecule has 0 saturated heterocycles. The predicted octanol–water partition coefficient (Wildman–Crippen LogP) is 4.26. The van der Waals surface area contributed by atoms with Gasteiger partial charge >= 0.3 is 0 Å². The van der Waals surface area contributed by atoms with Crippen molar-refractivity contribution >= 4 is 55.2 Å². The van der Waals surface area contributed by atoms with Gasteiger partial charge in [0.05, 0.1) is 0 Å². The highest BCUT2D eigenvalue weighted by Crippen LogP contribution is 2.34. The van der Waals surface area contributed by atoms with Crippen molar-refractivity contribution in [3.05, 3.63) is 33.7 Å². The Morgan fingerprint density at radius 2 is 2.36 bits per heavy atom. The molecule has 0 N–H and O–H groups in total. The van der Waals surface area contributed by atoms with Crippen LogP contribution in [0, 0.1) is 0 Å². The zero-order valence-electron chi connectivity index (χ0n) is 7.09. The second-order valence-electron chi connectivity index (χ2n) is 2.84. The second kappa shape index (κ2) is 4.01. The zero-order chi connectivity index (χ0) is 10.1. The van der Waals surface area contributed by atoms with Crippen LogP contribution >= 0.6 is 38.9 Å². The Morgan fingerprint density at radius 1 is 1.57 bits per heavy atom. The largest absolute Gasteiger partial charge is 0.298 e. The molecule has 0 fully saturated rings. The van der Waals surface area contributed by atoms with Crippen molar-refractivity contribution in [1.29, 1.82) is 0 Å². The first-order valence-electron chi connectivity index (χ1n) is 3.97. The Morgan fingerprint density at radius 3 is 3.00 bits per heavy atom. The Labute approximate surface area is 98.8 Å². The molecule has 1 aromatic carbocycles. The molecule has 0 saturated carbocycles. The lowest BCUT2D eigenvalue weighted by Gasteiger charge is -2.04. The third-order valence-corrected chi connectivity index (χ3v) is 3.94. The average Bonchev–Trinajstić information content (AvgIpc) is 2.66. The van der Waals surface area contributed by atoms with E-state index in [0.717, 1.165) is 21.9 Å². The first kappa shape index (κ1) is 10.1. The van der Waals surface area contributed by atoms with Gasteiger partial charge in [0.15, 0.2) is 0 Å². The van der Waals surface area contributed by atoms with Crippen LogP contribution in [0.15, 0.2) is 17.5 Å². The van der Waals surface area contributed by atoms with E-state index in [-0.39, 0.29) is 0 Å². The highest BCUT2D eigenvalue weighted by molar-refractivity contribution is 9.08. The minimum Gasteiger partial charge on any atom is -0.298 e. The molecule has 0 aliphatic rings. The Bertz CT molecular complexity index is 492. The molecule has 14 heavy (non-hydrogen) atoms. The summed E-state index contributed by atoms with van der Waals surface area (Å²) in [5, 5.41) is 4.33. The summed E-state index contributed by atoms with van der Waals surface area (Å²) in [5.74, 6) is 0. The second-order valence-corrected chi connectivity index (χ2v) is 4.73. The number of rotatable bonds is 2. The summed E-state index contributed by atoms with van der Waals surface area (Å²) < 4.78 is 1.09. The summed E-state index contributed by atoms with van der Waals surface area (Å²) in [4.78, 5) is 10.8. The molecule has 0 aliphatic carbocycles. The van der Waals surface area contributed by atoms with Gasteiger partial charge in [-0.25, -0.2) is 0 Å². The number of carbonyl (C=O) groups excluding carboxylic acids is 1. The summed E-state index contributed by atoms with van der Waals surface area (Å²) in [6, 6.07) is 3.70. The van der Waals surface area contributed by atoms with Gasteiger partial charge in [-0.1, -0.05) is 27.5 Å². The maximum absolute atomic E-state index is 10.8. The van der Waals surface area contributed by atoms with Gasteiger partial charge in [0.25, 0.3) is 0 Å². The summed E-state index contributed by atoms with van der Waals surface area (Å²) in [6.45, 7) is 0. The van der Waals surface area contributed by atoms with E-state index in [0.29, 0.717) is 15.9 Å². The van der Waals surface area contributed by atoms with Crippen LogP contribution in [0.5, 0.6) is 0 Å². The normalized spacial score (nSPS) is 10.7. The molecule has 0 aliphatic heterocycles. The fraction of sp³-hybridized carbons (Fsp3) is 0.100. The van der Waals surface area contributed by atoms with Crippen molar-refractivity contribution in [2.75, 3.05) is 0 Å². The van der Waals surface area contributed by atoms with Crippen LogP contribution in [0.25, 0.3) is 10.1 Å². The minimum absolute atomic E-state index is 0.646. The van der Waals surface area contributed by atoms with Crippen LogP contribution < -0.4 is 0 Å². The lowest BCUT2D eigenvalue weighted by atomic mass is 10.1. The Hall–Kier alpha value is -0.380. The molecule has 2 aromatic rings. The third-order valence-electron chi connectivity index (χ3n) is 2.09. The maximum atomic E-state index is 10.8. The molecule has 72 valence electrons. The van der Waals surface area contributed by atoms with E-state index in [1.54, 1.807) is 17.4 Å². The van der Waals surface area contributed by atoms with E-state index in [1.165, 1.54) is 0 Å². The highest BCUT2D eigenvalue weighted by Gasteiger charge is 2.10. The molecular formula is C10H6BrClOS. The monoisotopic (exact) mass is 288 g/mol. The van der Waals surface area contributed by atoms with Crippen LogP contribution in [-0.2, 0) is 5.33 Å². The SMILES string of the molecule is O=Cc1cc(Cl)c2ccsc2c1CBr. The van der Waals surface area contributed by atoms with Crippen molar-refractivity contribution in [1.82, 2.24) is 0 Å². The first-order chi connectivity index (χ1) is 6.77. The van der Waals surface area contributed by atoms with Gasteiger partial charge in [-0.2, -0.15) is 0 Å². The molecule has 0 unspecified atom stereocenters. The van der Waals surface area contributed by atoms with Crippen molar-refractivity contribution in [3.63, 3.8) is 0 Å². The maximum Gasteiger partial charge on any atom is 0.150 e. The van der Waals surface area contributed by atoms with Gasteiger partial charge < -0.3 is 0 Å². The van der Waals surface area contributed by atoms with E-state index in [4.69, 9.17) is 11.6 Å². The summed E-state index contributed by atoms with van der Waals surface area (Å²) in [5.41, 5.74) is 1.69. The lowest BCUT2D eigenvalue weighted by molar-refractivity contribution is 0.112. The van der Waals surface area contributed by atoms with Gasteiger partial charge in [-0.05, 0) is 23.1 Å². The average molecular weight is 290 g/mol. The number of alkyl halides is 1. The number of aldehydes is 1. The van der Waals surface area contributed by atoms with E-state index in [2.05, 4.69) is 15.9 Å². The number of benzene rings is 1. The van der Waals surface area contributed by atoms with Crippen LogP contribution in [0.1, 0.15) is 15.9 Å². The van der Waals surface area contributed by atoms with Gasteiger partial charge in [-0.3, -0.25) is 4.79 Å². The summed E-state index contributed by atoms with van der Waals surface area (Å²) >= 11 is 11.0. The Balaban J connectivity index is 2.88. The van der Waals surface area contributed by atoms with Crippen LogP contribution in [0.4, 0.5) is 0 Å². The first-order valence-corrected chi connectivity index (χ1v) is 6.35. The highest BCUT2D eigenvalue weighted by atomic mass is 79.9. The van der Waals surface area contributed by atoms with Gasteiger partial charge in [0.2, 0.25) is 0 Å². The molecule has 0 bridgehead atoms. The molecular weight excluding hydrogens is 284 g/mol. The molecule has 4 heteroatoms. The molecule has 0 spiro atoms. The van der Waals surface area contributed by atoms with Crippen LogP contribution in [0.2, 0.25) is 5.02 Å². The summed E-state index contributed by atoms with van der Waals surface area (Å²) in [6.07, 6.45) is 0.849. The van der Waals surface area contributed by atoms with Crippen molar-refractivity contribution in [3.8, 4) is 0 Å². The van der Waals surface area contributed by atoms with Gasteiger partial charge in [0.1, 0.15) is 6.29 Å². The zero-order valence-corrected chi connectivity index (χ0v) is 10.2. The van der Waals surface area contributed by atoms with Crippen LogP contribution in [-0.4, -0.2) is 6.29 Å². The van der Waals surface area contributed by atoms with Crippen molar-refractivity contribution < 1.29 is 4.79 Å². The molecule has 2 rings (SSSR count). The van der Waals surface area contributed by atoms with Crippen molar-refractivity contribution in [2.45, 2.75) is 5.33 Å². The quantitative estimate of drug-likeness (QED) is 0.596. The molecule has 0 atom stereocenters. The molecule has 0 amide bonds. The Kier molecular flexibility index (Phi) is 2.91. The van der Waals surface area contributed by atoms with Gasteiger partial charge in [-0.15, -0.1) is 11.3 Å². The van der Waals surface area contributed by atoms with Gasteiger partial charge in [0, 0.05) is 26.0 Å². The number of fused-ring (bicyclic) bond motifs is 1. The van der Waals surface area contributed by atoms with Crippen LogP contribution in [0.3, 0.4) is 0 Å². The molecule has 0 radical (unpaired) electrons. The van der Waals surface area contributed by atoms with E-state index in [1.807, 2.05) is 11.4 Å². The lowest BCUT2D eigenvalue weighted by Crippen LogP contribution is -1.89. The number of halogens is 2. The predicted molar refractivity (Wildman–Crippen MR) is 64.9 cm³/mol. The fourth-order valence-corrected chi connectivity index (χ4v) is 3.50. The molecule has 1 aromatic heterocycles. The number of thiophene rings is 1. The topological polar surface area (TPSA) is 17.1 Å². The molecule has 1 heterocycles.